The van der Waals surface area contributed by atoms with Crippen molar-refractivity contribution >= 4 is 20.4 Å². The van der Waals surface area contributed by atoms with Crippen LogP contribution in [-0.2, 0) is 9.26 Å². The van der Waals surface area contributed by atoms with Gasteiger partial charge in [-0.2, -0.15) is 19.2 Å². The number of nitrogens with one attached hydrogen (secondary N) is 1. The van der Waals surface area contributed by atoms with Gasteiger partial charge in [-0.25, -0.2) is 4.79 Å². The Morgan fingerprint density at radius 3 is 2.90 bits per heavy atom. The van der Waals surface area contributed by atoms with E-state index < -0.39 is 20.5 Å². The van der Waals surface area contributed by atoms with Crippen molar-refractivity contribution in [2.24, 2.45) is 0 Å². The van der Waals surface area contributed by atoms with Gasteiger partial charge in [0.2, 0.25) is 0 Å². The molecule has 0 aromatic carbocycles. The van der Waals surface area contributed by atoms with Gasteiger partial charge in [-0.1, -0.05) is 12.2 Å². The minimum Gasteiger partial charge on any atom is -0.352 e. The molecule has 0 spiro atoms. The summed E-state index contributed by atoms with van der Waals surface area (Å²) >= 11 is 4.97. The zero-order valence-corrected chi connectivity index (χ0v) is 12.4. The molecule has 2 unspecified atom stereocenters. The first-order valence-corrected chi connectivity index (χ1v) is 7.93. The number of aromatic amines is 1. The maximum atomic E-state index is 11.8. The van der Waals surface area contributed by atoms with Gasteiger partial charge in [0.15, 0.2) is 0 Å². The molecule has 0 aliphatic carbocycles. The smallest absolute Gasteiger partial charge is 0.352 e. The molecular formula is C10H16N2O6PS+. The van der Waals surface area contributed by atoms with Gasteiger partial charge in [-0.15, -0.1) is 0 Å². The largest absolute Gasteiger partial charge is 0.567 e. The lowest BCUT2D eigenvalue weighted by molar-refractivity contribution is -0.0271. The summed E-state index contributed by atoms with van der Waals surface area (Å²) in [6.45, 7) is 1.64. The highest BCUT2D eigenvalue weighted by Gasteiger charge is 2.37. The Labute approximate surface area is 120 Å². The van der Waals surface area contributed by atoms with Crippen molar-refractivity contribution < 1.29 is 23.9 Å². The summed E-state index contributed by atoms with van der Waals surface area (Å²) in [6, 6.07) is 0. The topological polar surface area (TPSA) is 117 Å². The van der Waals surface area contributed by atoms with Crippen LogP contribution >= 0.6 is 20.4 Å². The van der Waals surface area contributed by atoms with E-state index >= 15 is 0 Å². The number of aromatic nitrogens is 2. The van der Waals surface area contributed by atoms with E-state index in [0.717, 1.165) is 5.56 Å². The number of H-pyrrole nitrogens is 1. The Kier molecular flexibility index (Phi) is 4.70. The second-order valence-corrected chi connectivity index (χ2v) is 6.27. The van der Waals surface area contributed by atoms with E-state index in [1.165, 1.54) is 4.57 Å². The molecule has 1 aromatic rings. The average molecular weight is 323 g/mol. The molecule has 1 aliphatic heterocycles. The molecule has 112 valence electrons. The van der Waals surface area contributed by atoms with Gasteiger partial charge in [0, 0.05) is 11.8 Å². The van der Waals surface area contributed by atoms with Gasteiger partial charge in [-0.3, -0.25) is 9.55 Å². The van der Waals surface area contributed by atoms with E-state index in [2.05, 4.69) is 9.51 Å². The number of hydrogen-bond donors (Lipinski definition) is 4. The predicted octanol–water partition coefficient (Wildman–Crippen LogP) is 0.563. The molecule has 2 atom stereocenters. The Morgan fingerprint density at radius 2 is 2.25 bits per heavy atom. The zero-order valence-electron chi connectivity index (χ0n) is 10.7. The molecule has 0 bridgehead atoms. The van der Waals surface area contributed by atoms with Crippen molar-refractivity contribution in [3.63, 3.8) is 0 Å². The minimum absolute atomic E-state index is 0.148. The molecule has 0 saturated carbocycles. The van der Waals surface area contributed by atoms with Gasteiger partial charge in [0.25, 0.3) is 0 Å². The number of hydrogen-bond acceptors (Lipinski definition) is 7. The second kappa shape index (κ2) is 5.98. The molecule has 1 aromatic heterocycles. The highest BCUT2D eigenvalue weighted by Crippen LogP contribution is 2.46. The van der Waals surface area contributed by atoms with Crippen LogP contribution in [0.3, 0.4) is 0 Å². The number of rotatable bonds is 4. The van der Waals surface area contributed by atoms with Crippen molar-refractivity contribution in [2.45, 2.75) is 32.1 Å². The third kappa shape index (κ3) is 3.92. The van der Waals surface area contributed by atoms with Gasteiger partial charge in [-0.05, 0) is 19.8 Å². The van der Waals surface area contributed by atoms with Crippen molar-refractivity contribution in [3.8, 4) is 0 Å². The number of ether oxygens (including phenoxy) is 1. The first-order valence-electron chi connectivity index (χ1n) is 5.95. The van der Waals surface area contributed by atoms with Gasteiger partial charge < -0.3 is 4.74 Å². The first kappa shape index (κ1) is 15.7. The number of aryl methyl sites for hydroxylation is 1. The Balaban J connectivity index is 2.05. The van der Waals surface area contributed by atoms with Crippen LogP contribution in [0.25, 0.3) is 0 Å². The fourth-order valence-corrected chi connectivity index (χ4v) is 2.50. The molecule has 1 saturated heterocycles. The summed E-state index contributed by atoms with van der Waals surface area (Å²) in [5.41, 5.74) is 0.398. The third-order valence-electron chi connectivity index (χ3n) is 2.97. The lowest BCUT2D eigenvalue weighted by Crippen LogP contribution is -2.28. The molecule has 4 N–H and O–H groups in total. The first-order chi connectivity index (χ1) is 9.26. The average Bonchev–Trinajstić information content (AvgIpc) is 2.79. The van der Waals surface area contributed by atoms with E-state index in [0.29, 0.717) is 17.5 Å². The standard InChI is InChI=1S/C10H15N2O6PS/c1-6-4-12(10(13)11-9(6)20)8-3-2-7(18-8)5-17-19(14,15)16/h4,7-8,14-16H,2-3,5H2,1H3/p+1. The predicted molar refractivity (Wildman–Crippen MR) is 73.3 cm³/mol. The summed E-state index contributed by atoms with van der Waals surface area (Å²) in [6.07, 6.45) is 1.89. The number of nitrogens with zero attached hydrogens (tertiary/aromatic N) is 1. The summed E-state index contributed by atoms with van der Waals surface area (Å²) < 4.78 is 11.9. The molecule has 0 radical (unpaired) electrons. The van der Waals surface area contributed by atoms with Gasteiger partial charge in [0.1, 0.15) is 17.5 Å². The highest BCUT2D eigenvalue weighted by molar-refractivity contribution is 7.71. The van der Waals surface area contributed by atoms with E-state index in [4.69, 9.17) is 31.6 Å². The van der Waals surface area contributed by atoms with Crippen LogP contribution in [0.5, 0.6) is 0 Å². The van der Waals surface area contributed by atoms with Crippen molar-refractivity contribution in [1.29, 1.82) is 0 Å². The Hall–Kier alpha value is -0.670. The normalized spacial score (nSPS) is 23.2. The van der Waals surface area contributed by atoms with E-state index in [-0.39, 0.29) is 12.3 Å². The summed E-state index contributed by atoms with van der Waals surface area (Å²) in [7, 11) is -4.25. The SMILES string of the molecule is Cc1cn(C2CCC(CO[P+](O)(O)O)O2)c(=O)[nH]c1=S. The lowest BCUT2D eigenvalue weighted by Gasteiger charge is -2.16. The lowest BCUT2D eigenvalue weighted by atomic mass is 10.2. The molecule has 1 fully saturated rings. The monoisotopic (exact) mass is 323 g/mol. The molecule has 1 aliphatic rings. The fraction of sp³-hybridized carbons (Fsp3) is 0.600. The second-order valence-electron chi connectivity index (χ2n) is 4.58. The molecule has 2 rings (SSSR count). The molecule has 10 heteroatoms. The van der Waals surface area contributed by atoms with E-state index in [1.807, 2.05) is 0 Å². The van der Waals surface area contributed by atoms with E-state index in [9.17, 15) is 4.79 Å². The van der Waals surface area contributed by atoms with Crippen LogP contribution in [0, 0.1) is 11.6 Å². The third-order valence-corrected chi connectivity index (χ3v) is 3.89. The Morgan fingerprint density at radius 1 is 1.55 bits per heavy atom. The highest BCUT2D eigenvalue weighted by atomic mass is 32.1. The minimum atomic E-state index is -4.25. The van der Waals surface area contributed by atoms with Crippen LogP contribution in [0.2, 0.25) is 0 Å². The summed E-state index contributed by atoms with van der Waals surface area (Å²) in [5.74, 6) is 0. The van der Waals surface area contributed by atoms with Crippen LogP contribution in [-0.4, -0.2) is 36.9 Å². The zero-order chi connectivity index (χ0) is 14.9. The quantitative estimate of drug-likeness (QED) is 0.472. The van der Waals surface area contributed by atoms with Gasteiger partial charge >= 0.3 is 13.9 Å². The van der Waals surface area contributed by atoms with Gasteiger partial charge in [0.05, 0.1) is 6.10 Å². The van der Waals surface area contributed by atoms with Crippen LogP contribution in [0.1, 0.15) is 24.6 Å². The Bertz CT molecular complexity index is 595. The molecule has 2 heterocycles. The molecule has 0 amide bonds. The van der Waals surface area contributed by atoms with Crippen molar-refractivity contribution in [1.82, 2.24) is 9.55 Å². The molecule has 20 heavy (non-hydrogen) atoms. The van der Waals surface area contributed by atoms with E-state index in [1.54, 1.807) is 13.1 Å². The van der Waals surface area contributed by atoms with Crippen molar-refractivity contribution in [3.05, 3.63) is 26.9 Å². The molecular weight excluding hydrogens is 307 g/mol. The summed E-state index contributed by atoms with van der Waals surface area (Å²) in [4.78, 5) is 40.6. The molecule has 8 nitrogen and oxygen atoms in total. The van der Waals surface area contributed by atoms with Crippen LogP contribution < -0.4 is 5.69 Å². The fourth-order valence-electron chi connectivity index (χ4n) is 2.00. The maximum Gasteiger partial charge on any atom is 0.567 e. The van der Waals surface area contributed by atoms with Crippen LogP contribution in [0.4, 0.5) is 0 Å². The van der Waals surface area contributed by atoms with Crippen molar-refractivity contribution in [2.75, 3.05) is 6.61 Å². The summed E-state index contributed by atoms with van der Waals surface area (Å²) in [5, 5.41) is 0. The van der Waals surface area contributed by atoms with Crippen LogP contribution in [0.15, 0.2) is 11.0 Å². The maximum absolute atomic E-state index is 11.8.